The zero-order valence-electron chi connectivity index (χ0n) is 19.7. The molecule has 1 aliphatic heterocycles. The molecule has 8 nitrogen and oxygen atoms in total. The van der Waals surface area contributed by atoms with Crippen molar-refractivity contribution in [2.75, 3.05) is 12.3 Å². The van der Waals surface area contributed by atoms with Crippen molar-refractivity contribution in [3.05, 3.63) is 100 Å². The minimum atomic E-state index is -0.130. The Morgan fingerprint density at radius 2 is 1.97 bits per heavy atom. The van der Waals surface area contributed by atoms with E-state index in [1.165, 1.54) is 0 Å². The number of nitrogens with two attached hydrogens (primary N) is 1. The summed E-state index contributed by atoms with van der Waals surface area (Å²) in [6.07, 6.45) is 2.34. The van der Waals surface area contributed by atoms with Crippen LogP contribution in [0, 0.1) is 11.8 Å². The van der Waals surface area contributed by atoms with Crippen molar-refractivity contribution < 1.29 is 9.59 Å². The maximum atomic E-state index is 12.3. The van der Waals surface area contributed by atoms with Crippen molar-refractivity contribution in [1.29, 1.82) is 0 Å². The van der Waals surface area contributed by atoms with Gasteiger partial charge in [-0.25, -0.2) is 9.97 Å². The Balaban J connectivity index is 1.40. The van der Waals surface area contributed by atoms with Gasteiger partial charge in [-0.1, -0.05) is 42.2 Å². The highest BCUT2D eigenvalue weighted by Crippen LogP contribution is 2.28. The van der Waals surface area contributed by atoms with Crippen molar-refractivity contribution in [3.8, 4) is 23.2 Å². The minimum absolute atomic E-state index is 0.0936. The van der Waals surface area contributed by atoms with E-state index < -0.39 is 0 Å². The summed E-state index contributed by atoms with van der Waals surface area (Å²) in [5.41, 5.74) is 11.8. The minimum Gasteiger partial charge on any atom is -0.368 e. The van der Waals surface area contributed by atoms with Gasteiger partial charge in [0, 0.05) is 49.6 Å². The Morgan fingerprint density at radius 1 is 1.14 bits per heavy atom. The third-order valence-electron chi connectivity index (χ3n) is 6.06. The number of carbonyl (C=O) groups is 2. The van der Waals surface area contributed by atoms with E-state index in [9.17, 15) is 9.59 Å². The number of amides is 2. The van der Waals surface area contributed by atoms with E-state index in [1.54, 1.807) is 18.3 Å². The second kappa shape index (κ2) is 9.76. The predicted molar refractivity (Wildman–Crippen MR) is 137 cm³/mol. The molecule has 2 aromatic carbocycles. The summed E-state index contributed by atoms with van der Waals surface area (Å²) in [4.78, 5) is 33.2. The number of rotatable bonds is 4. The molecule has 0 fully saturated rings. The number of anilines is 1. The first-order valence-electron chi connectivity index (χ1n) is 11.5. The molecule has 0 spiro atoms. The fourth-order valence-corrected chi connectivity index (χ4v) is 4.21. The van der Waals surface area contributed by atoms with Crippen molar-refractivity contribution in [2.45, 2.75) is 13.0 Å². The molecule has 0 radical (unpaired) electrons. The second-order valence-corrected chi connectivity index (χ2v) is 8.44. The predicted octanol–water partition coefficient (Wildman–Crippen LogP) is 2.68. The van der Waals surface area contributed by atoms with Crippen LogP contribution >= 0.6 is 0 Å². The molecule has 3 heterocycles. The molecular weight excluding hydrogens is 452 g/mol. The number of nitrogens with one attached hydrogen (secondary N) is 2. The van der Waals surface area contributed by atoms with Gasteiger partial charge in [-0.05, 0) is 35.9 Å². The van der Waals surface area contributed by atoms with Gasteiger partial charge in [0.1, 0.15) is 5.69 Å². The van der Waals surface area contributed by atoms with Gasteiger partial charge in [-0.2, -0.15) is 0 Å². The van der Waals surface area contributed by atoms with Crippen LogP contribution in [0.3, 0.4) is 0 Å². The van der Waals surface area contributed by atoms with Crippen LogP contribution < -0.4 is 16.4 Å². The second-order valence-electron chi connectivity index (χ2n) is 8.44. The first-order valence-corrected chi connectivity index (χ1v) is 11.5. The maximum Gasteiger partial charge on any atom is 0.253 e. The third-order valence-corrected chi connectivity index (χ3v) is 6.06. The fraction of sp³-hybridized carbons (Fsp3) is 0.143. The Bertz CT molecular complexity index is 1530. The van der Waals surface area contributed by atoms with E-state index in [2.05, 4.69) is 32.4 Å². The smallest absolute Gasteiger partial charge is 0.253 e. The molecular formula is C28H24N6O2. The number of aromatic nitrogens is 3. The molecule has 4 N–H and O–H groups in total. The van der Waals surface area contributed by atoms with Gasteiger partial charge >= 0.3 is 0 Å². The van der Waals surface area contributed by atoms with E-state index in [0.29, 0.717) is 35.5 Å². The van der Waals surface area contributed by atoms with Gasteiger partial charge < -0.3 is 20.9 Å². The largest absolute Gasteiger partial charge is 0.368 e. The highest BCUT2D eigenvalue weighted by Gasteiger charge is 2.24. The lowest BCUT2D eigenvalue weighted by atomic mass is 10.1. The van der Waals surface area contributed by atoms with Crippen molar-refractivity contribution in [2.24, 2.45) is 7.05 Å². The third kappa shape index (κ3) is 4.68. The molecule has 5 rings (SSSR count). The summed E-state index contributed by atoms with van der Waals surface area (Å²) in [6, 6.07) is 18.6. The van der Waals surface area contributed by atoms with Crippen LogP contribution in [0.5, 0.6) is 0 Å². The molecule has 1 aliphatic rings. The van der Waals surface area contributed by atoms with Gasteiger partial charge in [-0.15, -0.1) is 0 Å². The van der Waals surface area contributed by atoms with Crippen LogP contribution in [0.1, 0.15) is 43.1 Å². The van der Waals surface area contributed by atoms with E-state index >= 15 is 0 Å². The van der Waals surface area contributed by atoms with Gasteiger partial charge in [-0.3, -0.25) is 9.59 Å². The lowest BCUT2D eigenvalue weighted by molar-refractivity contribution is 0.0939. The summed E-state index contributed by atoms with van der Waals surface area (Å²) in [6.45, 7) is 0.986. The van der Waals surface area contributed by atoms with Gasteiger partial charge in [0.05, 0.1) is 16.8 Å². The maximum absolute atomic E-state index is 12.3. The molecule has 0 atom stereocenters. The lowest BCUT2D eigenvalue weighted by Gasteiger charge is -2.14. The molecule has 0 aliphatic carbocycles. The van der Waals surface area contributed by atoms with E-state index in [0.717, 1.165) is 28.9 Å². The Kier molecular flexibility index (Phi) is 6.20. The van der Waals surface area contributed by atoms with Crippen LogP contribution in [0.25, 0.3) is 11.4 Å². The molecule has 0 unspecified atom stereocenters. The van der Waals surface area contributed by atoms with Crippen LogP contribution in [-0.2, 0) is 20.0 Å². The molecule has 4 aromatic rings. The molecule has 2 amide bonds. The fourth-order valence-electron chi connectivity index (χ4n) is 4.21. The first kappa shape index (κ1) is 22.9. The van der Waals surface area contributed by atoms with Crippen LogP contribution in [0.4, 0.5) is 5.95 Å². The van der Waals surface area contributed by atoms with Crippen LogP contribution in [0.2, 0.25) is 0 Å². The number of fused-ring (bicyclic) bond motifs is 1. The molecule has 178 valence electrons. The summed E-state index contributed by atoms with van der Waals surface area (Å²) < 4.78 is 1.97. The normalized spacial score (nSPS) is 12.2. The number of nitrogens with zero attached hydrogens (tertiary/aromatic N) is 3. The Morgan fingerprint density at radius 3 is 2.78 bits per heavy atom. The number of hydrogen-bond donors (Lipinski definition) is 3. The Labute approximate surface area is 208 Å². The number of benzene rings is 2. The molecule has 8 heteroatoms. The van der Waals surface area contributed by atoms with E-state index in [1.807, 2.05) is 60.1 Å². The zero-order chi connectivity index (χ0) is 25.1. The average molecular weight is 477 g/mol. The summed E-state index contributed by atoms with van der Waals surface area (Å²) >= 11 is 0. The molecule has 2 aromatic heterocycles. The lowest BCUT2D eigenvalue weighted by Crippen LogP contribution is -2.31. The van der Waals surface area contributed by atoms with E-state index in [-0.39, 0.29) is 17.8 Å². The topological polar surface area (TPSA) is 115 Å². The molecule has 0 saturated heterocycles. The molecule has 0 saturated carbocycles. The summed E-state index contributed by atoms with van der Waals surface area (Å²) in [5.74, 6) is 6.24. The first-order chi connectivity index (χ1) is 17.5. The SMILES string of the molecule is Cn1c(-c2nc(N)ncc2C#Cc2cccc(CNC(=O)c3ccccc3)c2)cc2c1CCNC2=O. The van der Waals surface area contributed by atoms with E-state index in [4.69, 9.17) is 5.73 Å². The Hall–Kier alpha value is -4.90. The van der Waals surface area contributed by atoms with Gasteiger partial charge in [0.25, 0.3) is 11.8 Å². The highest BCUT2D eigenvalue weighted by molar-refractivity contribution is 5.98. The standard InChI is InChI=1S/C28H24N6O2/c1-34-23-12-13-30-27(36)22(23)15-24(34)25-21(17-32-28(29)33-25)11-10-18-6-5-7-19(14-18)16-31-26(35)20-8-3-2-4-9-20/h2-9,14-15,17H,12-13,16H2,1H3,(H,30,36)(H,31,35)(H2,29,32,33). The highest BCUT2D eigenvalue weighted by atomic mass is 16.2. The van der Waals surface area contributed by atoms with Crippen LogP contribution in [-0.4, -0.2) is 32.9 Å². The number of nitrogen functional groups attached to an aromatic ring is 1. The zero-order valence-corrected chi connectivity index (χ0v) is 19.7. The average Bonchev–Trinajstić information content (AvgIpc) is 3.24. The van der Waals surface area contributed by atoms with Crippen molar-refractivity contribution in [1.82, 2.24) is 25.2 Å². The summed E-state index contributed by atoms with van der Waals surface area (Å²) in [7, 11) is 1.91. The number of carbonyl (C=O) groups excluding carboxylic acids is 2. The molecule has 36 heavy (non-hydrogen) atoms. The summed E-state index contributed by atoms with van der Waals surface area (Å²) in [5, 5.41) is 5.80. The van der Waals surface area contributed by atoms with Crippen LogP contribution in [0.15, 0.2) is 66.9 Å². The van der Waals surface area contributed by atoms with Gasteiger partial charge in [0.15, 0.2) is 0 Å². The van der Waals surface area contributed by atoms with Gasteiger partial charge in [0.2, 0.25) is 5.95 Å². The van der Waals surface area contributed by atoms with Crippen molar-refractivity contribution in [3.63, 3.8) is 0 Å². The van der Waals surface area contributed by atoms with Crippen molar-refractivity contribution >= 4 is 17.8 Å². The number of hydrogen-bond acceptors (Lipinski definition) is 5. The molecule has 0 bridgehead atoms. The quantitative estimate of drug-likeness (QED) is 0.392. The monoisotopic (exact) mass is 476 g/mol.